The molecule has 9 rings (SSSR count). The summed E-state index contributed by atoms with van der Waals surface area (Å²) in [7, 11) is 0. The highest BCUT2D eigenvalue weighted by atomic mass is 16.3. The minimum absolute atomic E-state index is 0.207. The van der Waals surface area contributed by atoms with E-state index in [0.717, 1.165) is 50.0 Å². The average molecular weight is 590 g/mol. The van der Waals surface area contributed by atoms with Crippen LogP contribution >= 0.6 is 0 Å². The van der Waals surface area contributed by atoms with Crippen molar-refractivity contribution in [1.29, 1.82) is 0 Å². The molecule has 0 saturated heterocycles. The summed E-state index contributed by atoms with van der Waals surface area (Å²) in [4.78, 5) is 15.3. The smallest absolute Gasteiger partial charge is 0.124 e. The quantitative estimate of drug-likeness (QED) is 0.208. The van der Waals surface area contributed by atoms with Crippen molar-refractivity contribution in [2.75, 3.05) is 0 Å². The molecular weight excluding hydrogens is 562 g/mol. The van der Waals surface area contributed by atoms with Crippen LogP contribution in [0.3, 0.4) is 0 Å². The van der Waals surface area contributed by atoms with Crippen LogP contribution in [0.25, 0.3) is 55.4 Å². The van der Waals surface area contributed by atoms with Gasteiger partial charge in [-0.2, -0.15) is 0 Å². The molecule has 0 unspecified atom stereocenters. The number of fused-ring (bicyclic) bond motifs is 5. The van der Waals surface area contributed by atoms with Gasteiger partial charge in [-0.05, 0) is 81.1 Å². The van der Waals surface area contributed by atoms with E-state index in [1.165, 1.54) is 22.3 Å². The van der Waals surface area contributed by atoms with Crippen LogP contribution in [-0.4, -0.2) is 20.1 Å². The summed E-state index contributed by atoms with van der Waals surface area (Å²) >= 11 is 0. The first-order valence-electron chi connectivity index (χ1n) is 15.4. The maximum atomic E-state index is 10.8. The Labute approximate surface area is 266 Å². The van der Waals surface area contributed by atoms with E-state index in [1.807, 2.05) is 48.7 Å². The van der Waals surface area contributed by atoms with Crippen LogP contribution in [0.1, 0.15) is 22.4 Å². The van der Waals surface area contributed by atoms with Crippen molar-refractivity contribution < 1.29 is 5.11 Å². The Kier molecular flexibility index (Phi) is 5.84. The average Bonchev–Trinajstić information content (AvgIpc) is 3.42. The van der Waals surface area contributed by atoms with Crippen LogP contribution in [0, 0.1) is 0 Å². The fraction of sp³-hybridized carbons (Fsp3) is 0.0238. The first-order valence-corrected chi connectivity index (χ1v) is 15.4. The third kappa shape index (κ3) is 3.90. The van der Waals surface area contributed by atoms with Gasteiger partial charge in [-0.1, -0.05) is 109 Å². The van der Waals surface area contributed by atoms with Crippen LogP contribution in [0.5, 0.6) is 5.75 Å². The predicted molar refractivity (Wildman–Crippen MR) is 185 cm³/mol. The Hall–Kier alpha value is -6.13. The Bertz CT molecular complexity index is 2420. The molecule has 6 aromatic carbocycles. The van der Waals surface area contributed by atoms with Gasteiger partial charge in [0.25, 0.3) is 0 Å². The second kappa shape index (κ2) is 10.2. The van der Waals surface area contributed by atoms with E-state index in [4.69, 9.17) is 15.0 Å². The highest BCUT2D eigenvalue weighted by molar-refractivity contribution is 5.95. The molecule has 0 bridgehead atoms. The molecule has 1 aliphatic rings. The molecule has 2 heterocycles. The molecule has 1 aliphatic carbocycles. The summed E-state index contributed by atoms with van der Waals surface area (Å²) < 4.78 is 0. The number of nitrogens with zero attached hydrogens (tertiary/aromatic N) is 3. The molecule has 0 fully saturated rings. The number of para-hydroxylation sites is 1. The second-order valence-electron chi connectivity index (χ2n) is 11.8. The fourth-order valence-corrected chi connectivity index (χ4v) is 7.20. The van der Waals surface area contributed by atoms with Gasteiger partial charge in [0.2, 0.25) is 0 Å². The van der Waals surface area contributed by atoms with Crippen molar-refractivity contribution in [3.05, 3.63) is 180 Å². The molecule has 4 heteroatoms. The van der Waals surface area contributed by atoms with Crippen molar-refractivity contribution in [3.8, 4) is 39.4 Å². The zero-order valence-corrected chi connectivity index (χ0v) is 24.8. The highest BCUT2D eigenvalue weighted by Gasteiger charge is 2.47. The van der Waals surface area contributed by atoms with Gasteiger partial charge in [0, 0.05) is 11.1 Å². The van der Waals surface area contributed by atoms with Crippen molar-refractivity contribution in [2.45, 2.75) is 5.41 Å². The number of pyridine rings is 1. The largest absolute Gasteiger partial charge is 0.507 e. The molecule has 4 nitrogen and oxygen atoms in total. The lowest BCUT2D eigenvalue weighted by Gasteiger charge is -2.33. The molecular formula is C42H27N3O. The fourth-order valence-electron chi connectivity index (χ4n) is 7.20. The monoisotopic (exact) mass is 589 g/mol. The van der Waals surface area contributed by atoms with Gasteiger partial charge in [0.05, 0.1) is 39.7 Å². The van der Waals surface area contributed by atoms with Crippen LogP contribution in [0.4, 0.5) is 0 Å². The maximum absolute atomic E-state index is 10.8. The van der Waals surface area contributed by atoms with Crippen LogP contribution < -0.4 is 0 Å². The molecule has 0 saturated carbocycles. The van der Waals surface area contributed by atoms with Gasteiger partial charge in [0.1, 0.15) is 5.75 Å². The normalized spacial score (nSPS) is 13.0. The molecule has 216 valence electrons. The van der Waals surface area contributed by atoms with Crippen molar-refractivity contribution >= 4 is 21.8 Å². The summed E-state index contributed by atoms with van der Waals surface area (Å²) in [6.45, 7) is 0. The van der Waals surface area contributed by atoms with E-state index in [1.54, 1.807) is 6.07 Å². The lowest BCUT2D eigenvalue weighted by Crippen LogP contribution is -2.30. The standard InChI is InChI=1S/C42H27N3O/c46-40-21-8-5-17-33(40)36-20-10-22-41(45-36)42(34-18-6-3-15-31(34)32-16-4-7-19-35(32)42)30-14-9-13-29(23-30)39-26-43-37-24-27-11-1-2-12-28(27)25-38(37)44-39/h1-26,46H. The van der Waals surface area contributed by atoms with E-state index in [9.17, 15) is 5.11 Å². The second-order valence-corrected chi connectivity index (χ2v) is 11.8. The molecule has 0 amide bonds. The van der Waals surface area contributed by atoms with Gasteiger partial charge in [0.15, 0.2) is 0 Å². The van der Waals surface area contributed by atoms with Crippen LogP contribution in [0.15, 0.2) is 158 Å². The Morgan fingerprint density at radius 2 is 1.11 bits per heavy atom. The Morgan fingerprint density at radius 1 is 0.478 bits per heavy atom. The number of rotatable bonds is 4. The van der Waals surface area contributed by atoms with Crippen molar-refractivity contribution in [3.63, 3.8) is 0 Å². The molecule has 0 atom stereocenters. The lowest BCUT2D eigenvalue weighted by atomic mass is 9.69. The first-order chi connectivity index (χ1) is 22.7. The number of phenols is 1. The lowest BCUT2D eigenvalue weighted by molar-refractivity contribution is 0.477. The molecule has 1 N–H and O–H groups in total. The molecule has 0 radical (unpaired) electrons. The Balaban J connectivity index is 1.29. The SMILES string of the molecule is Oc1ccccc1-c1cccc(C2(c3cccc(-c4cnc5cc6ccccc6cc5n4)c3)c3ccccc3-c3ccccc32)n1. The van der Waals surface area contributed by atoms with Gasteiger partial charge in [-0.3, -0.25) is 9.97 Å². The van der Waals surface area contributed by atoms with Crippen molar-refractivity contribution in [2.24, 2.45) is 0 Å². The van der Waals surface area contributed by atoms with Gasteiger partial charge in [-0.25, -0.2) is 4.98 Å². The van der Waals surface area contributed by atoms with E-state index in [0.29, 0.717) is 5.56 Å². The van der Waals surface area contributed by atoms with Gasteiger partial charge >= 0.3 is 0 Å². The van der Waals surface area contributed by atoms with Gasteiger partial charge in [-0.15, -0.1) is 0 Å². The maximum Gasteiger partial charge on any atom is 0.124 e. The number of benzene rings is 6. The minimum Gasteiger partial charge on any atom is -0.507 e. The third-order valence-electron chi connectivity index (χ3n) is 9.27. The highest BCUT2D eigenvalue weighted by Crippen LogP contribution is 2.56. The van der Waals surface area contributed by atoms with E-state index >= 15 is 0 Å². The summed E-state index contributed by atoms with van der Waals surface area (Å²) in [5, 5.41) is 13.1. The Morgan fingerprint density at radius 3 is 1.85 bits per heavy atom. The van der Waals surface area contributed by atoms with E-state index in [-0.39, 0.29) is 5.75 Å². The zero-order valence-electron chi connectivity index (χ0n) is 24.8. The molecule has 0 aliphatic heterocycles. The van der Waals surface area contributed by atoms with Crippen molar-refractivity contribution in [1.82, 2.24) is 15.0 Å². The van der Waals surface area contributed by atoms with E-state index < -0.39 is 5.41 Å². The number of hydrogen-bond acceptors (Lipinski definition) is 4. The predicted octanol–water partition coefficient (Wildman–Crippen LogP) is 9.58. The molecule has 0 spiro atoms. The molecule has 46 heavy (non-hydrogen) atoms. The van der Waals surface area contributed by atoms with Crippen LogP contribution in [0.2, 0.25) is 0 Å². The van der Waals surface area contributed by atoms with Crippen LogP contribution in [-0.2, 0) is 5.41 Å². The summed E-state index contributed by atoms with van der Waals surface area (Å²) in [6.07, 6.45) is 1.87. The first kappa shape index (κ1) is 26.3. The third-order valence-corrected chi connectivity index (χ3v) is 9.27. The van der Waals surface area contributed by atoms with E-state index in [2.05, 4.69) is 103 Å². The summed E-state index contributed by atoms with van der Waals surface area (Å²) in [6, 6.07) is 51.9. The number of hydrogen-bond donors (Lipinski definition) is 1. The summed E-state index contributed by atoms with van der Waals surface area (Å²) in [5.41, 5.74) is 11.0. The number of aromatic hydroxyl groups is 1. The molecule has 8 aromatic rings. The molecule has 2 aromatic heterocycles. The minimum atomic E-state index is -0.704. The topological polar surface area (TPSA) is 58.9 Å². The van der Waals surface area contributed by atoms with Gasteiger partial charge < -0.3 is 5.11 Å². The number of aromatic nitrogens is 3. The number of phenolic OH excluding ortho intramolecular Hbond substituents is 1. The summed E-state index contributed by atoms with van der Waals surface area (Å²) in [5.74, 6) is 0.207. The zero-order chi connectivity index (χ0) is 30.7.